The standard InChI is InChI=1S/C10H7BrO2S/c1-5-4-7-6(10(12)13)2-3-8(11)9(7)14-5/h2-4H,1H3,(H,12,13). The van der Waals surface area contributed by atoms with Gasteiger partial charge in [0.25, 0.3) is 0 Å². The zero-order valence-electron chi connectivity index (χ0n) is 7.37. The topological polar surface area (TPSA) is 37.3 Å². The maximum Gasteiger partial charge on any atom is 0.336 e. The van der Waals surface area contributed by atoms with Gasteiger partial charge in [-0.1, -0.05) is 0 Å². The zero-order chi connectivity index (χ0) is 10.3. The Balaban J connectivity index is 2.87. The molecule has 1 N–H and O–H groups in total. The summed E-state index contributed by atoms with van der Waals surface area (Å²) in [7, 11) is 0. The number of aryl methyl sites for hydroxylation is 1. The maximum absolute atomic E-state index is 10.9. The van der Waals surface area contributed by atoms with Crippen molar-refractivity contribution in [3.05, 3.63) is 33.1 Å². The number of halogens is 1. The molecule has 0 saturated carbocycles. The number of aromatic carboxylic acids is 1. The summed E-state index contributed by atoms with van der Waals surface area (Å²) < 4.78 is 1.96. The van der Waals surface area contributed by atoms with Gasteiger partial charge in [0.15, 0.2) is 0 Å². The molecule has 0 aliphatic heterocycles. The first kappa shape index (κ1) is 9.68. The van der Waals surface area contributed by atoms with E-state index in [4.69, 9.17) is 5.11 Å². The minimum atomic E-state index is -0.875. The van der Waals surface area contributed by atoms with Crippen LogP contribution < -0.4 is 0 Å². The van der Waals surface area contributed by atoms with Gasteiger partial charge in [0.05, 0.1) is 5.56 Å². The number of benzene rings is 1. The molecule has 1 heterocycles. The van der Waals surface area contributed by atoms with Gasteiger partial charge in [0.1, 0.15) is 0 Å². The Kier molecular flexibility index (Phi) is 2.33. The van der Waals surface area contributed by atoms with Crippen LogP contribution in [0.25, 0.3) is 10.1 Å². The Morgan fingerprint density at radius 3 is 2.86 bits per heavy atom. The minimum absolute atomic E-state index is 0.368. The number of hydrogen-bond acceptors (Lipinski definition) is 2. The van der Waals surface area contributed by atoms with E-state index >= 15 is 0 Å². The van der Waals surface area contributed by atoms with E-state index in [0.717, 1.165) is 19.4 Å². The number of fused-ring (bicyclic) bond motifs is 1. The summed E-state index contributed by atoms with van der Waals surface area (Å²) in [6, 6.07) is 5.32. The highest BCUT2D eigenvalue weighted by Gasteiger charge is 2.12. The lowest BCUT2D eigenvalue weighted by atomic mass is 10.1. The van der Waals surface area contributed by atoms with Crippen molar-refractivity contribution in [3.63, 3.8) is 0 Å². The van der Waals surface area contributed by atoms with Crippen LogP contribution in [-0.2, 0) is 0 Å². The molecule has 0 unspecified atom stereocenters. The summed E-state index contributed by atoms with van der Waals surface area (Å²) in [5.74, 6) is -0.875. The second-order valence-electron chi connectivity index (χ2n) is 3.00. The first-order valence-electron chi connectivity index (χ1n) is 4.01. The SMILES string of the molecule is Cc1cc2c(C(=O)O)ccc(Br)c2s1. The summed E-state index contributed by atoms with van der Waals surface area (Å²) in [5.41, 5.74) is 0.368. The van der Waals surface area contributed by atoms with Crippen LogP contribution in [0.3, 0.4) is 0 Å². The molecule has 0 aliphatic carbocycles. The van der Waals surface area contributed by atoms with Crippen LogP contribution in [0.4, 0.5) is 0 Å². The third-order valence-corrected chi connectivity index (χ3v) is 4.00. The van der Waals surface area contributed by atoms with Crippen molar-refractivity contribution in [1.82, 2.24) is 0 Å². The third-order valence-electron chi connectivity index (χ3n) is 1.99. The average molecular weight is 271 g/mol. The first-order chi connectivity index (χ1) is 6.59. The van der Waals surface area contributed by atoms with E-state index in [1.54, 1.807) is 23.5 Å². The zero-order valence-corrected chi connectivity index (χ0v) is 9.78. The van der Waals surface area contributed by atoms with Crippen LogP contribution in [0.5, 0.6) is 0 Å². The molecule has 0 amide bonds. The molecule has 72 valence electrons. The summed E-state index contributed by atoms with van der Waals surface area (Å²) in [6.45, 7) is 1.97. The summed E-state index contributed by atoms with van der Waals surface area (Å²) in [5, 5.41) is 9.79. The molecule has 4 heteroatoms. The fourth-order valence-electron chi connectivity index (χ4n) is 1.40. The van der Waals surface area contributed by atoms with Crippen molar-refractivity contribution in [2.24, 2.45) is 0 Å². The van der Waals surface area contributed by atoms with E-state index < -0.39 is 5.97 Å². The number of hydrogen-bond donors (Lipinski definition) is 1. The second kappa shape index (κ2) is 3.37. The Labute approximate surface area is 93.3 Å². The molecule has 0 fully saturated rings. The second-order valence-corrected chi connectivity index (χ2v) is 5.11. The smallest absolute Gasteiger partial charge is 0.336 e. The fourth-order valence-corrected chi connectivity index (χ4v) is 2.93. The molecular weight excluding hydrogens is 264 g/mol. The molecule has 14 heavy (non-hydrogen) atoms. The molecule has 0 aliphatic rings. The highest BCUT2D eigenvalue weighted by atomic mass is 79.9. The lowest BCUT2D eigenvalue weighted by Crippen LogP contribution is -1.95. The van der Waals surface area contributed by atoms with Crippen LogP contribution >= 0.6 is 27.3 Å². The van der Waals surface area contributed by atoms with Crippen molar-refractivity contribution < 1.29 is 9.90 Å². The largest absolute Gasteiger partial charge is 0.478 e. The summed E-state index contributed by atoms with van der Waals surface area (Å²) in [4.78, 5) is 12.0. The van der Waals surface area contributed by atoms with Gasteiger partial charge in [0.2, 0.25) is 0 Å². The Morgan fingerprint density at radius 2 is 2.21 bits per heavy atom. The van der Waals surface area contributed by atoms with Crippen molar-refractivity contribution >= 4 is 43.3 Å². The van der Waals surface area contributed by atoms with Gasteiger partial charge in [-0.2, -0.15) is 0 Å². The third kappa shape index (κ3) is 1.44. The van der Waals surface area contributed by atoms with E-state index in [0.29, 0.717) is 5.56 Å². The van der Waals surface area contributed by atoms with Gasteiger partial charge in [0, 0.05) is 19.4 Å². The molecule has 1 aromatic carbocycles. The van der Waals surface area contributed by atoms with Crippen molar-refractivity contribution in [1.29, 1.82) is 0 Å². The molecule has 2 rings (SSSR count). The first-order valence-corrected chi connectivity index (χ1v) is 5.62. The van der Waals surface area contributed by atoms with Crippen molar-refractivity contribution in [3.8, 4) is 0 Å². The number of carboxylic acid groups (broad SMARTS) is 1. The van der Waals surface area contributed by atoms with E-state index in [9.17, 15) is 4.79 Å². The van der Waals surface area contributed by atoms with Gasteiger partial charge >= 0.3 is 5.97 Å². The lowest BCUT2D eigenvalue weighted by molar-refractivity contribution is 0.0699. The van der Waals surface area contributed by atoms with Crippen LogP contribution in [0.15, 0.2) is 22.7 Å². The number of rotatable bonds is 1. The molecular formula is C10H7BrO2S. The van der Waals surface area contributed by atoms with E-state index in [1.165, 1.54) is 0 Å². The van der Waals surface area contributed by atoms with Crippen LogP contribution in [0, 0.1) is 6.92 Å². The van der Waals surface area contributed by atoms with E-state index in [1.807, 2.05) is 13.0 Å². The monoisotopic (exact) mass is 270 g/mol. The Bertz CT molecular complexity index is 516. The van der Waals surface area contributed by atoms with Gasteiger partial charge < -0.3 is 5.11 Å². The maximum atomic E-state index is 10.9. The quantitative estimate of drug-likeness (QED) is 0.859. The van der Waals surface area contributed by atoms with Crippen LogP contribution in [0.2, 0.25) is 0 Å². The van der Waals surface area contributed by atoms with Crippen molar-refractivity contribution in [2.45, 2.75) is 6.92 Å². The highest BCUT2D eigenvalue weighted by molar-refractivity contribution is 9.10. The fraction of sp³-hybridized carbons (Fsp3) is 0.100. The molecule has 0 bridgehead atoms. The molecule has 0 spiro atoms. The number of thiophene rings is 1. The summed E-state index contributed by atoms with van der Waals surface area (Å²) in [6.07, 6.45) is 0. The van der Waals surface area contributed by atoms with E-state index in [2.05, 4.69) is 15.9 Å². The Hall–Kier alpha value is -0.870. The van der Waals surface area contributed by atoms with Gasteiger partial charge in [-0.25, -0.2) is 4.79 Å². The van der Waals surface area contributed by atoms with Crippen molar-refractivity contribution in [2.75, 3.05) is 0 Å². The molecule has 2 nitrogen and oxygen atoms in total. The van der Waals surface area contributed by atoms with Crippen LogP contribution in [0.1, 0.15) is 15.2 Å². The van der Waals surface area contributed by atoms with E-state index in [-0.39, 0.29) is 0 Å². The van der Waals surface area contributed by atoms with Gasteiger partial charge in [-0.3, -0.25) is 0 Å². The molecule has 0 saturated heterocycles. The van der Waals surface area contributed by atoms with Gasteiger partial charge in [-0.15, -0.1) is 11.3 Å². The predicted octanol–water partition coefficient (Wildman–Crippen LogP) is 3.67. The Morgan fingerprint density at radius 1 is 1.50 bits per heavy atom. The van der Waals surface area contributed by atoms with Gasteiger partial charge in [-0.05, 0) is 41.1 Å². The average Bonchev–Trinajstić information content (AvgIpc) is 2.47. The molecule has 0 radical (unpaired) electrons. The summed E-state index contributed by atoms with van der Waals surface area (Å²) >= 11 is 5.01. The lowest BCUT2D eigenvalue weighted by Gasteiger charge is -1.98. The molecule has 0 atom stereocenters. The predicted molar refractivity (Wildman–Crippen MR) is 61.2 cm³/mol. The molecule has 1 aromatic heterocycles. The number of carboxylic acids is 1. The highest BCUT2D eigenvalue weighted by Crippen LogP contribution is 2.33. The normalized spacial score (nSPS) is 10.7. The number of carbonyl (C=O) groups is 1. The molecule has 2 aromatic rings. The minimum Gasteiger partial charge on any atom is -0.478 e. The van der Waals surface area contributed by atoms with Crippen LogP contribution in [-0.4, -0.2) is 11.1 Å².